The lowest BCUT2D eigenvalue weighted by Gasteiger charge is -1.97. The van der Waals surface area contributed by atoms with Gasteiger partial charge in [-0.05, 0) is 12.1 Å². The molecular formula is C11H12N4O4. The first kappa shape index (κ1) is 13.0. The number of ether oxygens (including phenoxy) is 1. The van der Waals surface area contributed by atoms with Gasteiger partial charge in [-0.25, -0.2) is 0 Å². The summed E-state index contributed by atoms with van der Waals surface area (Å²) in [6.07, 6.45) is 0. The number of hydrogen-bond acceptors (Lipinski definition) is 7. The first-order chi connectivity index (χ1) is 9.20. The van der Waals surface area contributed by atoms with E-state index >= 15 is 0 Å². The Hall–Kier alpha value is -2.48. The number of rotatable bonds is 6. The third kappa shape index (κ3) is 3.26. The SMILES string of the molecule is COCCNc1nc(-c2ccc([N+](=O)[O-])cc2)no1. The van der Waals surface area contributed by atoms with Crippen molar-refractivity contribution in [1.82, 2.24) is 10.1 Å². The van der Waals surface area contributed by atoms with Crippen molar-refractivity contribution < 1.29 is 14.2 Å². The van der Waals surface area contributed by atoms with Crippen molar-refractivity contribution in [3.8, 4) is 11.4 Å². The van der Waals surface area contributed by atoms with Gasteiger partial charge in [-0.15, -0.1) is 0 Å². The number of nitrogens with zero attached hydrogens (tertiary/aromatic N) is 3. The fourth-order valence-electron chi connectivity index (χ4n) is 1.40. The first-order valence-electron chi connectivity index (χ1n) is 5.52. The highest BCUT2D eigenvalue weighted by atomic mass is 16.6. The highest BCUT2D eigenvalue weighted by Gasteiger charge is 2.10. The Morgan fingerprint density at radius 1 is 1.42 bits per heavy atom. The van der Waals surface area contributed by atoms with Crippen molar-refractivity contribution in [2.45, 2.75) is 0 Å². The minimum atomic E-state index is -0.461. The quantitative estimate of drug-likeness (QED) is 0.481. The van der Waals surface area contributed by atoms with E-state index in [1.165, 1.54) is 12.1 Å². The van der Waals surface area contributed by atoms with Gasteiger partial charge in [0, 0.05) is 31.4 Å². The number of hydrogen-bond donors (Lipinski definition) is 1. The van der Waals surface area contributed by atoms with Gasteiger partial charge >= 0.3 is 6.01 Å². The number of nitro benzene ring substituents is 1. The zero-order chi connectivity index (χ0) is 13.7. The summed E-state index contributed by atoms with van der Waals surface area (Å²) in [6, 6.07) is 6.21. The summed E-state index contributed by atoms with van der Waals surface area (Å²) in [4.78, 5) is 14.2. The third-order valence-electron chi connectivity index (χ3n) is 2.34. The largest absolute Gasteiger partial charge is 0.383 e. The van der Waals surface area contributed by atoms with Crippen molar-refractivity contribution in [3.63, 3.8) is 0 Å². The van der Waals surface area contributed by atoms with Gasteiger partial charge in [0.1, 0.15) is 0 Å². The fraction of sp³-hybridized carbons (Fsp3) is 0.273. The lowest BCUT2D eigenvalue weighted by Crippen LogP contribution is -2.07. The maximum absolute atomic E-state index is 10.5. The Morgan fingerprint density at radius 3 is 2.79 bits per heavy atom. The predicted molar refractivity (Wildman–Crippen MR) is 66.8 cm³/mol. The molecule has 0 aliphatic rings. The van der Waals surface area contributed by atoms with E-state index in [4.69, 9.17) is 9.26 Å². The molecule has 1 aromatic heterocycles. The topological polar surface area (TPSA) is 103 Å². The Kier molecular flexibility index (Phi) is 4.04. The average Bonchev–Trinajstić information content (AvgIpc) is 2.88. The van der Waals surface area contributed by atoms with E-state index in [1.807, 2.05) is 0 Å². The summed E-state index contributed by atoms with van der Waals surface area (Å²) in [5.74, 6) is 0.370. The Balaban J connectivity index is 2.07. The standard InChI is InChI=1S/C11H12N4O4/c1-18-7-6-12-11-13-10(14-19-11)8-2-4-9(5-3-8)15(16)17/h2-5H,6-7H2,1H3,(H,12,13,14). The zero-order valence-corrected chi connectivity index (χ0v) is 10.2. The molecule has 0 amide bonds. The predicted octanol–water partition coefficient (Wildman–Crippen LogP) is 1.70. The molecule has 1 heterocycles. The molecule has 19 heavy (non-hydrogen) atoms. The number of benzene rings is 1. The smallest absolute Gasteiger partial charge is 0.321 e. The van der Waals surface area contributed by atoms with Crippen LogP contribution in [0.4, 0.5) is 11.7 Å². The van der Waals surface area contributed by atoms with E-state index in [0.717, 1.165) is 0 Å². The van der Waals surface area contributed by atoms with Crippen LogP contribution < -0.4 is 5.32 Å². The summed E-state index contributed by atoms with van der Waals surface area (Å²) < 4.78 is 9.86. The van der Waals surface area contributed by atoms with Crippen molar-refractivity contribution in [1.29, 1.82) is 0 Å². The molecule has 1 aromatic carbocycles. The molecule has 1 N–H and O–H groups in total. The van der Waals surface area contributed by atoms with E-state index in [-0.39, 0.29) is 11.7 Å². The van der Waals surface area contributed by atoms with Gasteiger partial charge in [0.15, 0.2) is 0 Å². The van der Waals surface area contributed by atoms with Crippen LogP contribution in [0.15, 0.2) is 28.8 Å². The second-order valence-corrected chi connectivity index (χ2v) is 3.65. The summed E-state index contributed by atoms with van der Waals surface area (Å²) >= 11 is 0. The summed E-state index contributed by atoms with van der Waals surface area (Å²) in [5.41, 5.74) is 0.667. The number of nitrogens with one attached hydrogen (secondary N) is 1. The molecular weight excluding hydrogens is 252 g/mol. The zero-order valence-electron chi connectivity index (χ0n) is 10.2. The number of non-ortho nitro benzene ring substituents is 1. The Morgan fingerprint density at radius 2 is 2.16 bits per heavy atom. The number of anilines is 1. The molecule has 0 fully saturated rings. The molecule has 0 unspecified atom stereocenters. The molecule has 2 aromatic rings. The van der Waals surface area contributed by atoms with E-state index in [9.17, 15) is 10.1 Å². The van der Waals surface area contributed by atoms with Gasteiger partial charge in [-0.1, -0.05) is 5.16 Å². The monoisotopic (exact) mass is 264 g/mol. The molecule has 100 valence electrons. The molecule has 8 nitrogen and oxygen atoms in total. The summed E-state index contributed by atoms with van der Waals surface area (Å²) in [7, 11) is 1.60. The van der Waals surface area contributed by atoms with Gasteiger partial charge in [0.2, 0.25) is 5.82 Å². The molecule has 0 aliphatic carbocycles. The van der Waals surface area contributed by atoms with Crippen LogP contribution in [0.25, 0.3) is 11.4 Å². The number of aromatic nitrogens is 2. The van der Waals surface area contributed by atoms with Crippen LogP contribution in [-0.4, -0.2) is 35.3 Å². The summed E-state index contributed by atoms with van der Waals surface area (Å²) in [5, 5.41) is 17.2. The molecule has 8 heteroatoms. The van der Waals surface area contributed by atoms with Gasteiger partial charge in [0.05, 0.1) is 11.5 Å². The molecule has 0 atom stereocenters. The lowest BCUT2D eigenvalue weighted by molar-refractivity contribution is -0.384. The normalized spacial score (nSPS) is 10.4. The van der Waals surface area contributed by atoms with Crippen molar-refractivity contribution >= 4 is 11.7 Å². The minimum absolute atomic E-state index is 0.0192. The van der Waals surface area contributed by atoms with Gasteiger partial charge in [-0.2, -0.15) is 4.98 Å². The van der Waals surface area contributed by atoms with Crippen LogP contribution in [0.2, 0.25) is 0 Å². The third-order valence-corrected chi connectivity index (χ3v) is 2.34. The average molecular weight is 264 g/mol. The van der Waals surface area contributed by atoms with Crippen LogP contribution in [0.1, 0.15) is 0 Å². The van der Waals surface area contributed by atoms with Crippen molar-refractivity contribution in [2.24, 2.45) is 0 Å². The van der Waals surface area contributed by atoms with Gasteiger partial charge in [-0.3, -0.25) is 10.1 Å². The van der Waals surface area contributed by atoms with Crippen molar-refractivity contribution in [3.05, 3.63) is 34.4 Å². The molecule has 0 saturated heterocycles. The number of nitro groups is 1. The molecule has 0 saturated carbocycles. The fourth-order valence-corrected chi connectivity index (χ4v) is 1.40. The van der Waals surface area contributed by atoms with Crippen molar-refractivity contribution in [2.75, 3.05) is 25.6 Å². The maximum atomic E-state index is 10.5. The highest BCUT2D eigenvalue weighted by Crippen LogP contribution is 2.20. The molecule has 0 aliphatic heterocycles. The summed E-state index contributed by atoms with van der Waals surface area (Å²) in [6.45, 7) is 1.08. The maximum Gasteiger partial charge on any atom is 0.321 e. The molecule has 0 radical (unpaired) electrons. The van der Waals surface area contributed by atoms with Gasteiger partial charge < -0.3 is 14.6 Å². The first-order valence-corrected chi connectivity index (χ1v) is 5.52. The lowest BCUT2D eigenvalue weighted by atomic mass is 10.2. The van der Waals surface area contributed by atoms with E-state index in [1.54, 1.807) is 19.2 Å². The Bertz CT molecular complexity index is 552. The van der Waals surface area contributed by atoms with Crippen LogP contribution in [0, 0.1) is 10.1 Å². The molecule has 0 bridgehead atoms. The van der Waals surface area contributed by atoms with Gasteiger partial charge in [0.25, 0.3) is 5.69 Å². The van der Waals surface area contributed by atoms with Crippen LogP contribution in [0.5, 0.6) is 0 Å². The van der Waals surface area contributed by atoms with E-state index in [2.05, 4.69) is 15.5 Å². The second kappa shape index (κ2) is 5.91. The Labute approximate surface area is 108 Å². The van der Waals surface area contributed by atoms with Crippen LogP contribution in [-0.2, 0) is 4.74 Å². The minimum Gasteiger partial charge on any atom is -0.383 e. The number of methoxy groups -OCH3 is 1. The van der Waals surface area contributed by atoms with Crippen LogP contribution >= 0.6 is 0 Å². The van der Waals surface area contributed by atoms with E-state index in [0.29, 0.717) is 24.5 Å². The van der Waals surface area contributed by atoms with Crippen LogP contribution in [0.3, 0.4) is 0 Å². The highest BCUT2D eigenvalue weighted by molar-refractivity contribution is 5.57. The second-order valence-electron chi connectivity index (χ2n) is 3.65. The van der Waals surface area contributed by atoms with E-state index < -0.39 is 4.92 Å². The molecule has 0 spiro atoms. The molecule has 2 rings (SSSR count).